The molecule has 7 heteroatoms. The highest BCUT2D eigenvalue weighted by Crippen LogP contribution is 2.24. The molecule has 2 aromatic carbocycles. The van der Waals surface area contributed by atoms with Crippen LogP contribution in [0.4, 0.5) is 16.2 Å². The second-order valence-corrected chi connectivity index (χ2v) is 7.50. The molecule has 2 N–H and O–H groups in total. The molecule has 3 rings (SSSR count). The van der Waals surface area contributed by atoms with Crippen LogP contribution in [0.25, 0.3) is 0 Å². The van der Waals surface area contributed by atoms with E-state index in [0.717, 1.165) is 16.8 Å². The van der Waals surface area contributed by atoms with E-state index in [4.69, 9.17) is 4.74 Å². The number of likely N-dealkylation sites (tertiary alicyclic amines) is 1. The highest BCUT2D eigenvalue weighted by molar-refractivity contribution is 5.97. The number of hydrogen-bond acceptors (Lipinski definition) is 4. The molecule has 0 spiro atoms. The van der Waals surface area contributed by atoms with Gasteiger partial charge >= 0.3 is 12.0 Å². The minimum Gasteiger partial charge on any atom is -0.465 e. The van der Waals surface area contributed by atoms with Crippen molar-refractivity contribution in [2.45, 2.75) is 26.7 Å². The Bertz CT molecular complexity index is 935. The van der Waals surface area contributed by atoms with Crippen molar-refractivity contribution in [2.24, 2.45) is 5.92 Å². The van der Waals surface area contributed by atoms with Crippen LogP contribution in [0.2, 0.25) is 0 Å². The molecule has 2 aromatic rings. The van der Waals surface area contributed by atoms with Crippen LogP contribution in [-0.4, -0.2) is 43.0 Å². The number of aryl methyl sites for hydroxylation is 1. The Morgan fingerprint density at radius 3 is 2.27 bits per heavy atom. The topological polar surface area (TPSA) is 87.7 Å². The van der Waals surface area contributed by atoms with Gasteiger partial charge in [0.1, 0.15) is 0 Å². The fourth-order valence-corrected chi connectivity index (χ4v) is 3.57. The van der Waals surface area contributed by atoms with E-state index < -0.39 is 5.97 Å². The Morgan fingerprint density at radius 1 is 0.967 bits per heavy atom. The molecule has 0 aliphatic carbocycles. The van der Waals surface area contributed by atoms with Crippen molar-refractivity contribution in [1.82, 2.24) is 4.90 Å². The molecule has 0 aromatic heterocycles. The zero-order valence-corrected chi connectivity index (χ0v) is 17.5. The van der Waals surface area contributed by atoms with Gasteiger partial charge in [-0.2, -0.15) is 0 Å². The van der Waals surface area contributed by atoms with Crippen LogP contribution < -0.4 is 10.6 Å². The van der Waals surface area contributed by atoms with Crippen LogP contribution in [0.5, 0.6) is 0 Å². The quantitative estimate of drug-likeness (QED) is 0.748. The maximum atomic E-state index is 12.7. The third-order valence-corrected chi connectivity index (χ3v) is 5.52. The second kappa shape index (κ2) is 9.43. The van der Waals surface area contributed by atoms with Crippen LogP contribution >= 0.6 is 0 Å². The summed E-state index contributed by atoms with van der Waals surface area (Å²) >= 11 is 0. The van der Waals surface area contributed by atoms with Gasteiger partial charge in [0.2, 0.25) is 5.91 Å². The molecular weight excluding hydrogens is 382 g/mol. The standard InChI is InChI=1S/C23H27N3O4/c1-15-13-19(14-20(16(15)2)22(28)30-3)24-21(27)17-9-11-26(12-10-17)23(29)25-18-7-5-4-6-8-18/h4-8,13-14,17H,9-12H2,1-3H3,(H,24,27)(H,25,29). The lowest BCUT2D eigenvalue weighted by molar-refractivity contribution is -0.121. The second-order valence-electron chi connectivity index (χ2n) is 7.50. The van der Waals surface area contributed by atoms with Crippen molar-refractivity contribution < 1.29 is 19.1 Å². The number of methoxy groups -OCH3 is 1. The summed E-state index contributed by atoms with van der Waals surface area (Å²) in [5.74, 6) is -0.712. The van der Waals surface area contributed by atoms with E-state index >= 15 is 0 Å². The number of nitrogens with one attached hydrogen (secondary N) is 2. The van der Waals surface area contributed by atoms with E-state index in [-0.39, 0.29) is 17.9 Å². The minimum atomic E-state index is -0.426. The summed E-state index contributed by atoms with van der Waals surface area (Å²) in [4.78, 5) is 38.8. The molecule has 7 nitrogen and oxygen atoms in total. The normalized spacial score (nSPS) is 14.2. The number of rotatable bonds is 4. The molecule has 3 amide bonds. The van der Waals surface area contributed by atoms with Gasteiger partial charge in [-0.3, -0.25) is 4.79 Å². The maximum absolute atomic E-state index is 12.7. The summed E-state index contributed by atoms with van der Waals surface area (Å²) in [6, 6.07) is 12.6. The van der Waals surface area contributed by atoms with Crippen molar-refractivity contribution >= 4 is 29.3 Å². The van der Waals surface area contributed by atoms with Gasteiger partial charge in [0.15, 0.2) is 0 Å². The number of hydrogen-bond donors (Lipinski definition) is 2. The monoisotopic (exact) mass is 409 g/mol. The third kappa shape index (κ3) is 4.97. The number of anilines is 2. The highest BCUT2D eigenvalue weighted by atomic mass is 16.5. The first-order chi connectivity index (χ1) is 14.4. The molecule has 0 saturated carbocycles. The Hall–Kier alpha value is -3.35. The number of amides is 3. The zero-order valence-electron chi connectivity index (χ0n) is 17.5. The molecule has 1 fully saturated rings. The first-order valence-corrected chi connectivity index (χ1v) is 10.0. The van der Waals surface area contributed by atoms with Crippen LogP contribution in [0.1, 0.15) is 34.3 Å². The van der Waals surface area contributed by atoms with E-state index in [0.29, 0.717) is 37.2 Å². The smallest absolute Gasteiger partial charge is 0.338 e. The van der Waals surface area contributed by atoms with Crippen molar-refractivity contribution in [3.8, 4) is 0 Å². The SMILES string of the molecule is COC(=O)c1cc(NC(=O)C2CCN(C(=O)Nc3ccccc3)CC2)cc(C)c1C. The first kappa shape index (κ1) is 21.4. The van der Waals surface area contributed by atoms with E-state index in [1.165, 1.54) is 7.11 Å². The van der Waals surface area contributed by atoms with Gasteiger partial charge in [0.25, 0.3) is 0 Å². The third-order valence-electron chi connectivity index (χ3n) is 5.52. The number of carbonyl (C=O) groups excluding carboxylic acids is 3. The number of para-hydroxylation sites is 1. The van der Waals surface area contributed by atoms with Crippen LogP contribution in [0.3, 0.4) is 0 Å². The summed E-state index contributed by atoms with van der Waals surface area (Å²) in [5.41, 5.74) is 3.50. The van der Waals surface area contributed by atoms with Gasteiger partial charge in [-0.25, -0.2) is 9.59 Å². The highest BCUT2D eigenvalue weighted by Gasteiger charge is 2.27. The average molecular weight is 409 g/mol. The number of ether oxygens (including phenoxy) is 1. The van der Waals surface area contributed by atoms with Gasteiger partial charge in [-0.05, 0) is 62.1 Å². The summed E-state index contributed by atoms with van der Waals surface area (Å²) in [6.45, 7) is 4.76. The van der Waals surface area contributed by atoms with Crippen molar-refractivity contribution in [2.75, 3.05) is 30.8 Å². The molecule has 1 aliphatic heterocycles. The van der Waals surface area contributed by atoms with Gasteiger partial charge in [-0.1, -0.05) is 18.2 Å². The lowest BCUT2D eigenvalue weighted by Crippen LogP contribution is -2.43. The maximum Gasteiger partial charge on any atom is 0.338 e. The molecular formula is C23H27N3O4. The number of piperidine rings is 1. The fraction of sp³-hybridized carbons (Fsp3) is 0.348. The van der Waals surface area contributed by atoms with E-state index in [9.17, 15) is 14.4 Å². The molecule has 1 saturated heterocycles. The molecule has 1 aliphatic rings. The van der Waals surface area contributed by atoms with E-state index in [1.807, 2.05) is 50.2 Å². The predicted octanol–water partition coefficient (Wildman–Crippen LogP) is 3.97. The number of carbonyl (C=O) groups is 3. The molecule has 0 atom stereocenters. The van der Waals surface area contributed by atoms with Gasteiger partial charge in [0, 0.05) is 30.4 Å². The number of benzene rings is 2. The summed E-state index contributed by atoms with van der Waals surface area (Å²) < 4.78 is 4.83. The fourth-order valence-electron chi connectivity index (χ4n) is 3.57. The Kier molecular flexibility index (Phi) is 6.72. The lowest BCUT2D eigenvalue weighted by atomic mass is 9.95. The van der Waals surface area contributed by atoms with E-state index in [1.54, 1.807) is 11.0 Å². The van der Waals surface area contributed by atoms with Crippen LogP contribution in [0, 0.1) is 19.8 Å². The number of esters is 1. The molecule has 0 bridgehead atoms. The number of nitrogens with zero attached hydrogens (tertiary/aromatic N) is 1. The average Bonchev–Trinajstić information content (AvgIpc) is 2.76. The zero-order chi connectivity index (χ0) is 21.7. The Balaban J connectivity index is 1.57. The van der Waals surface area contributed by atoms with E-state index in [2.05, 4.69) is 10.6 Å². The van der Waals surface area contributed by atoms with Crippen molar-refractivity contribution in [1.29, 1.82) is 0 Å². The Labute approximate surface area is 176 Å². The summed E-state index contributed by atoms with van der Waals surface area (Å²) in [6.07, 6.45) is 1.17. The van der Waals surface area contributed by atoms with Crippen molar-refractivity contribution in [3.05, 3.63) is 59.2 Å². The molecule has 0 radical (unpaired) electrons. The molecule has 0 unspecified atom stereocenters. The lowest BCUT2D eigenvalue weighted by Gasteiger charge is -2.31. The Morgan fingerprint density at radius 2 is 1.63 bits per heavy atom. The molecule has 30 heavy (non-hydrogen) atoms. The minimum absolute atomic E-state index is 0.0998. The number of urea groups is 1. The molecule has 1 heterocycles. The summed E-state index contributed by atoms with van der Waals surface area (Å²) in [7, 11) is 1.34. The largest absolute Gasteiger partial charge is 0.465 e. The van der Waals surface area contributed by atoms with Gasteiger partial charge < -0.3 is 20.3 Å². The first-order valence-electron chi connectivity index (χ1n) is 10.0. The van der Waals surface area contributed by atoms with Crippen LogP contribution in [0.15, 0.2) is 42.5 Å². The van der Waals surface area contributed by atoms with Gasteiger partial charge in [0.05, 0.1) is 12.7 Å². The summed E-state index contributed by atoms with van der Waals surface area (Å²) in [5, 5.41) is 5.79. The van der Waals surface area contributed by atoms with Crippen LogP contribution in [-0.2, 0) is 9.53 Å². The van der Waals surface area contributed by atoms with Crippen molar-refractivity contribution in [3.63, 3.8) is 0 Å². The molecule has 158 valence electrons. The van der Waals surface area contributed by atoms with Gasteiger partial charge in [-0.15, -0.1) is 0 Å². The predicted molar refractivity (Wildman–Crippen MR) is 116 cm³/mol.